The summed E-state index contributed by atoms with van der Waals surface area (Å²) in [6.07, 6.45) is 2.15. The first-order valence-electron chi connectivity index (χ1n) is 8.98. The number of hydrogen-bond acceptors (Lipinski definition) is 4. The van der Waals surface area contributed by atoms with Crippen molar-refractivity contribution in [1.29, 1.82) is 0 Å². The van der Waals surface area contributed by atoms with Crippen LogP contribution < -0.4 is 5.32 Å². The van der Waals surface area contributed by atoms with E-state index in [2.05, 4.69) is 10.2 Å². The van der Waals surface area contributed by atoms with E-state index in [1.807, 2.05) is 0 Å². The zero-order chi connectivity index (χ0) is 18.6. The molecule has 0 bridgehead atoms. The quantitative estimate of drug-likeness (QED) is 0.798. The molecule has 1 N–H and O–H groups in total. The van der Waals surface area contributed by atoms with Crippen LogP contribution in [-0.2, 0) is 15.0 Å². The van der Waals surface area contributed by atoms with Crippen molar-refractivity contribution in [3.05, 3.63) is 30.1 Å². The van der Waals surface area contributed by atoms with Crippen LogP contribution in [0.25, 0.3) is 0 Å². The molecule has 0 aliphatic carbocycles. The summed E-state index contributed by atoms with van der Waals surface area (Å²) in [4.78, 5) is 14.1. The predicted octanol–water partition coefficient (Wildman–Crippen LogP) is 1.11. The van der Waals surface area contributed by atoms with E-state index in [-0.39, 0.29) is 12.3 Å². The number of hydrogen-bond donors (Lipinski definition) is 1. The third-order valence-electron chi connectivity index (χ3n) is 4.81. The van der Waals surface area contributed by atoms with Gasteiger partial charge in [0.15, 0.2) is 0 Å². The summed E-state index contributed by atoms with van der Waals surface area (Å²) in [5.74, 6) is -0.569. The molecule has 0 saturated carbocycles. The standard InChI is InChI=1S/C17H25FN4O3S/c18-15-4-3-5-16(14-15)19-17(23)6-9-20-10-12-22(13-11-20)26(24,25)21-7-1-2-8-21/h3-5,14H,1-2,6-13H2,(H,19,23). The molecule has 0 atom stereocenters. The van der Waals surface area contributed by atoms with Gasteiger partial charge in [-0.2, -0.15) is 17.0 Å². The van der Waals surface area contributed by atoms with Gasteiger partial charge in [-0.15, -0.1) is 0 Å². The fourth-order valence-electron chi connectivity index (χ4n) is 3.32. The Balaban J connectivity index is 1.42. The van der Waals surface area contributed by atoms with Gasteiger partial charge in [0.05, 0.1) is 0 Å². The highest BCUT2D eigenvalue weighted by Crippen LogP contribution is 2.18. The van der Waals surface area contributed by atoms with Crippen molar-refractivity contribution in [3.8, 4) is 0 Å². The molecule has 2 saturated heterocycles. The number of amides is 1. The molecule has 2 aliphatic rings. The van der Waals surface area contributed by atoms with E-state index in [1.165, 1.54) is 12.1 Å². The molecule has 2 heterocycles. The van der Waals surface area contributed by atoms with E-state index in [1.54, 1.807) is 20.7 Å². The van der Waals surface area contributed by atoms with Crippen molar-refractivity contribution in [2.24, 2.45) is 0 Å². The van der Waals surface area contributed by atoms with Crippen LogP contribution in [0.4, 0.5) is 10.1 Å². The molecule has 1 aromatic rings. The minimum atomic E-state index is -3.34. The molecule has 9 heteroatoms. The van der Waals surface area contributed by atoms with Gasteiger partial charge < -0.3 is 10.2 Å². The number of nitrogens with one attached hydrogen (secondary N) is 1. The van der Waals surface area contributed by atoms with Gasteiger partial charge in [0, 0.05) is 57.9 Å². The number of rotatable bonds is 6. The first kappa shape index (κ1) is 19.2. The van der Waals surface area contributed by atoms with E-state index in [9.17, 15) is 17.6 Å². The molecule has 0 unspecified atom stereocenters. The van der Waals surface area contributed by atoms with Crippen LogP contribution in [0.15, 0.2) is 24.3 Å². The molecule has 3 rings (SSSR count). The highest BCUT2D eigenvalue weighted by molar-refractivity contribution is 7.86. The molecule has 0 aromatic heterocycles. The summed E-state index contributed by atoms with van der Waals surface area (Å²) < 4.78 is 41.3. The van der Waals surface area contributed by atoms with Gasteiger partial charge in [-0.1, -0.05) is 6.07 Å². The Morgan fingerprint density at radius 3 is 2.35 bits per heavy atom. The third kappa shape index (κ3) is 4.79. The number of carbonyl (C=O) groups excluding carboxylic acids is 1. The smallest absolute Gasteiger partial charge is 0.282 e. The molecule has 0 radical (unpaired) electrons. The topological polar surface area (TPSA) is 73.0 Å². The lowest BCUT2D eigenvalue weighted by Crippen LogP contribution is -2.52. The Bertz CT molecular complexity index is 729. The highest BCUT2D eigenvalue weighted by atomic mass is 32.2. The Kier molecular flexibility index (Phi) is 6.23. The van der Waals surface area contributed by atoms with E-state index < -0.39 is 16.0 Å². The summed E-state index contributed by atoms with van der Waals surface area (Å²) in [6, 6.07) is 5.79. The number of benzene rings is 1. The third-order valence-corrected chi connectivity index (χ3v) is 6.85. The molecule has 26 heavy (non-hydrogen) atoms. The van der Waals surface area contributed by atoms with Crippen LogP contribution in [-0.4, -0.2) is 73.6 Å². The normalized spacial score (nSPS) is 20.3. The summed E-state index contributed by atoms with van der Waals surface area (Å²) in [6.45, 7) is 3.90. The van der Waals surface area contributed by atoms with Crippen molar-refractivity contribution >= 4 is 21.8 Å². The molecule has 144 valence electrons. The minimum Gasteiger partial charge on any atom is -0.326 e. The maximum absolute atomic E-state index is 13.1. The summed E-state index contributed by atoms with van der Waals surface area (Å²) >= 11 is 0. The monoisotopic (exact) mass is 384 g/mol. The zero-order valence-corrected chi connectivity index (χ0v) is 15.5. The lowest BCUT2D eigenvalue weighted by molar-refractivity contribution is -0.116. The van der Waals surface area contributed by atoms with Crippen molar-refractivity contribution in [1.82, 2.24) is 13.5 Å². The predicted molar refractivity (Wildman–Crippen MR) is 97.4 cm³/mol. The second-order valence-corrected chi connectivity index (χ2v) is 8.59. The molecule has 2 aliphatic heterocycles. The average Bonchev–Trinajstić information content (AvgIpc) is 3.16. The number of piperazine rings is 1. The molecule has 2 fully saturated rings. The maximum atomic E-state index is 13.1. The Labute approximate surface area is 153 Å². The SMILES string of the molecule is O=C(CCN1CCN(S(=O)(=O)N2CCCC2)CC1)Nc1cccc(F)c1. The Hall–Kier alpha value is -1.55. The summed E-state index contributed by atoms with van der Waals surface area (Å²) in [5.41, 5.74) is 0.441. The first-order chi connectivity index (χ1) is 12.4. The van der Waals surface area contributed by atoms with Crippen LogP contribution in [0.2, 0.25) is 0 Å². The summed E-state index contributed by atoms with van der Waals surface area (Å²) in [7, 11) is -3.34. The molecular weight excluding hydrogens is 359 g/mol. The van der Waals surface area contributed by atoms with Gasteiger partial charge in [0.25, 0.3) is 10.2 Å². The Morgan fingerprint density at radius 1 is 1.04 bits per heavy atom. The fraction of sp³-hybridized carbons (Fsp3) is 0.588. The Morgan fingerprint density at radius 2 is 1.69 bits per heavy atom. The van der Waals surface area contributed by atoms with Gasteiger partial charge in [0.1, 0.15) is 5.82 Å². The molecule has 0 spiro atoms. The van der Waals surface area contributed by atoms with E-state index in [4.69, 9.17) is 0 Å². The van der Waals surface area contributed by atoms with Crippen molar-refractivity contribution in [2.45, 2.75) is 19.3 Å². The minimum absolute atomic E-state index is 0.178. The van der Waals surface area contributed by atoms with E-state index in [0.717, 1.165) is 12.8 Å². The lowest BCUT2D eigenvalue weighted by atomic mass is 10.2. The highest BCUT2D eigenvalue weighted by Gasteiger charge is 2.33. The van der Waals surface area contributed by atoms with Crippen molar-refractivity contribution in [3.63, 3.8) is 0 Å². The number of halogens is 1. The molecular formula is C17H25FN4O3S. The van der Waals surface area contributed by atoms with E-state index in [0.29, 0.717) is 51.5 Å². The van der Waals surface area contributed by atoms with Crippen LogP contribution in [0.3, 0.4) is 0 Å². The van der Waals surface area contributed by atoms with Crippen LogP contribution >= 0.6 is 0 Å². The number of anilines is 1. The zero-order valence-electron chi connectivity index (χ0n) is 14.7. The van der Waals surface area contributed by atoms with Crippen LogP contribution in [0, 0.1) is 5.82 Å². The van der Waals surface area contributed by atoms with Gasteiger partial charge in [0.2, 0.25) is 5.91 Å². The second-order valence-electron chi connectivity index (χ2n) is 6.66. The van der Waals surface area contributed by atoms with Gasteiger partial charge in [-0.25, -0.2) is 4.39 Å². The molecule has 7 nitrogen and oxygen atoms in total. The summed E-state index contributed by atoms with van der Waals surface area (Å²) in [5, 5.41) is 2.67. The van der Waals surface area contributed by atoms with Gasteiger partial charge in [-0.05, 0) is 31.0 Å². The van der Waals surface area contributed by atoms with E-state index >= 15 is 0 Å². The van der Waals surface area contributed by atoms with Crippen molar-refractivity contribution in [2.75, 3.05) is 51.1 Å². The van der Waals surface area contributed by atoms with Crippen molar-refractivity contribution < 1.29 is 17.6 Å². The second kappa shape index (κ2) is 8.43. The average molecular weight is 384 g/mol. The fourth-order valence-corrected chi connectivity index (χ4v) is 4.99. The number of nitrogens with zero attached hydrogens (tertiary/aromatic N) is 3. The van der Waals surface area contributed by atoms with Gasteiger partial charge in [-0.3, -0.25) is 4.79 Å². The largest absolute Gasteiger partial charge is 0.326 e. The van der Waals surface area contributed by atoms with Crippen LogP contribution in [0.1, 0.15) is 19.3 Å². The number of carbonyl (C=O) groups is 1. The lowest BCUT2D eigenvalue weighted by Gasteiger charge is -2.35. The first-order valence-corrected chi connectivity index (χ1v) is 10.4. The molecule has 1 aromatic carbocycles. The van der Waals surface area contributed by atoms with Gasteiger partial charge >= 0.3 is 0 Å². The van der Waals surface area contributed by atoms with Crippen LogP contribution in [0.5, 0.6) is 0 Å². The molecule has 1 amide bonds. The maximum Gasteiger partial charge on any atom is 0.282 e.